The number of ether oxygens (including phenoxy) is 1. The summed E-state index contributed by atoms with van der Waals surface area (Å²) in [5.74, 6) is -0.648. The zero-order valence-electron chi connectivity index (χ0n) is 15.1. The second-order valence-electron chi connectivity index (χ2n) is 6.85. The van der Waals surface area contributed by atoms with Gasteiger partial charge >= 0.3 is 5.97 Å². The van der Waals surface area contributed by atoms with Crippen LogP contribution < -0.4 is 10.2 Å². The van der Waals surface area contributed by atoms with E-state index in [-0.39, 0.29) is 29.6 Å². The Morgan fingerprint density at radius 2 is 1.72 bits per heavy atom. The summed E-state index contributed by atoms with van der Waals surface area (Å²) in [5.41, 5.74) is 2.60. The summed E-state index contributed by atoms with van der Waals surface area (Å²) in [4.78, 5) is 29.3. The third-order valence-corrected chi connectivity index (χ3v) is 5.15. The number of carbonyl (C=O) groups is 1. The first kappa shape index (κ1) is 17.3. The standard InChI is InChI=1S/C23H14FNO4/c24-15-3-1-13(2-4-15)18-12-28-23-16(22(18)27)5-6-19-21(23)17(11-20(26)29-19)14-7-9-25-10-8-14/h1-10,12,17H,11H2/t17-/m0/s1. The molecule has 142 valence electrons. The minimum absolute atomic E-state index is 0.138. The van der Waals surface area contributed by atoms with Crippen molar-refractivity contribution in [2.75, 3.05) is 0 Å². The van der Waals surface area contributed by atoms with Gasteiger partial charge in [0.25, 0.3) is 0 Å². The Balaban J connectivity index is 1.74. The van der Waals surface area contributed by atoms with E-state index in [1.54, 1.807) is 24.5 Å². The lowest BCUT2D eigenvalue weighted by molar-refractivity contribution is -0.135. The Hall–Kier alpha value is -3.80. The van der Waals surface area contributed by atoms with Crippen LogP contribution in [0.3, 0.4) is 0 Å². The smallest absolute Gasteiger partial charge is 0.312 e. The van der Waals surface area contributed by atoms with Gasteiger partial charge in [0, 0.05) is 23.9 Å². The van der Waals surface area contributed by atoms with E-state index >= 15 is 0 Å². The molecule has 1 aliphatic rings. The highest BCUT2D eigenvalue weighted by molar-refractivity contribution is 5.90. The summed E-state index contributed by atoms with van der Waals surface area (Å²) in [6, 6.07) is 12.5. The maximum Gasteiger partial charge on any atom is 0.312 e. The van der Waals surface area contributed by atoms with Gasteiger partial charge in [-0.25, -0.2) is 4.39 Å². The highest BCUT2D eigenvalue weighted by Gasteiger charge is 2.32. The molecule has 4 aromatic rings. The Bertz CT molecular complexity index is 1300. The minimum atomic E-state index is -0.380. The van der Waals surface area contributed by atoms with Gasteiger partial charge in [-0.1, -0.05) is 12.1 Å². The van der Waals surface area contributed by atoms with Crippen LogP contribution in [-0.4, -0.2) is 11.0 Å². The topological polar surface area (TPSA) is 69.4 Å². The van der Waals surface area contributed by atoms with Crippen molar-refractivity contribution in [3.63, 3.8) is 0 Å². The average Bonchev–Trinajstić information content (AvgIpc) is 2.74. The van der Waals surface area contributed by atoms with Crippen LogP contribution in [0.1, 0.15) is 23.5 Å². The fourth-order valence-corrected chi connectivity index (χ4v) is 3.76. The van der Waals surface area contributed by atoms with Crippen LogP contribution in [0.15, 0.2) is 76.4 Å². The Labute approximate surface area is 164 Å². The second kappa shape index (κ2) is 6.67. The first-order valence-corrected chi connectivity index (χ1v) is 9.07. The van der Waals surface area contributed by atoms with Crippen LogP contribution in [0.4, 0.5) is 4.39 Å². The van der Waals surface area contributed by atoms with Crippen molar-refractivity contribution >= 4 is 16.9 Å². The summed E-state index contributed by atoms with van der Waals surface area (Å²) in [5, 5.41) is 0.377. The van der Waals surface area contributed by atoms with E-state index in [2.05, 4.69) is 4.98 Å². The van der Waals surface area contributed by atoms with E-state index in [0.717, 1.165) is 5.56 Å². The molecule has 1 aliphatic heterocycles. The van der Waals surface area contributed by atoms with Gasteiger partial charge < -0.3 is 9.15 Å². The SMILES string of the molecule is O=C1C[C@@H](c2ccncc2)c2c(ccc3c(=O)c(-c4ccc(F)cc4)coc23)O1. The van der Waals surface area contributed by atoms with Gasteiger partial charge in [-0.15, -0.1) is 0 Å². The molecule has 0 N–H and O–H groups in total. The largest absolute Gasteiger partial charge is 0.463 e. The number of fused-ring (bicyclic) bond motifs is 3. The molecule has 0 aliphatic carbocycles. The number of hydrogen-bond acceptors (Lipinski definition) is 5. The Morgan fingerprint density at radius 1 is 0.966 bits per heavy atom. The van der Waals surface area contributed by atoms with Crippen molar-refractivity contribution < 1.29 is 18.3 Å². The van der Waals surface area contributed by atoms with Crippen LogP contribution in [0.2, 0.25) is 0 Å². The molecule has 2 aromatic carbocycles. The highest BCUT2D eigenvalue weighted by Crippen LogP contribution is 2.42. The maximum atomic E-state index is 13.2. The summed E-state index contributed by atoms with van der Waals surface area (Å²) in [6.45, 7) is 0. The van der Waals surface area contributed by atoms with Gasteiger partial charge in [-0.05, 0) is 47.5 Å². The number of halogens is 1. The molecule has 5 rings (SSSR count). The predicted molar refractivity (Wildman–Crippen MR) is 104 cm³/mol. The summed E-state index contributed by atoms with van der Waals surface area (Å²) >= 11 is 0. The van der Waals surface area contributed by atoms with E-state index in [9.17, 15) is 14.0 Å². The van der Waals surface area contributed by atoms with Gasteiger partial charge in [0.2, 0.25) is 5.43 Å². The number of hydrogen-bond donors (Lipinski definition) is 0. The van der Waals surface area contributed by atoms with Crippen molar-refractivity contribution in [2.24, 2.45) is 0 Å². The molecule has 0 saturated heterocycles. The zero-order chi connectivity index (χ0) is 20.0. The molecule has 3 heterocycles. The molecule has 6 heteroatoms. The van der Waals surface area contributed by atoms with Crippen LogP contribution in [0.25, 0.3) is 22.1 Å². The first-order valence-electron chi connectivity index (χ1n) is 9.07. The molecule has 5 nitrogen and oxygen atoms in total. The average molecular weight is 387 g/mol. The van der Waals surface area contributed by atoms with Crippen molar-refractivity contribution in [3.8, 4) is 16.9 Å². The van der Waals surface area contributed by atoms with Crippen molar-refractivity contribution in [1.82, 2.24) is 4.98 Å². The Kier molecular flexibility index (Phi) is 3.98. The van der Waals surface area contributed by atoms with Crippen LogP contribution >= 0.6 is 0 Å². The number of esters is 1. The molecule has 0 bridgehead atoms. The molecule has 0 spiro atoms. The minimum Gasteiger partial charge on any atom is -0.463 e. The predicted octanol–water partition coefficient (Wildman–Crippen LogP) is 4.44. The maximum absolute atomic E-state index is 13.2. The molecule has 0 saturated carbocycles. The summed E-state index contributed by atoms with van der Waals surface area (Å²) in [7, 11) is 0. The van der Waals surface area contributed by atoms with E-state index in [1.807, 2.05) is 12.1 Å². The fourth-order valence-electron chi connectivity index (χ4n) is 3.76. The zero-order valence-corrected chi connectivity index (χ0v) is 15.1. The van der Waals surface area contributed by atoms with Gasteiger partial charge in [0.15, 0.2) is 0 Å². The third-order valence-electron chi connectivity index (χ3n) is 5.15. The molecule has 0 amide bonds. The molecule has 0 fully saturated rings. The second-order valence-corrected chi connectivity index (χ2v) is 6.85. The number of rotatable bonds is 2. The van der Waals surface area contributed by atoms with Gasteiger partial charge in [-0.3, -0.25) is 14.6 Å². The van der Waals surface area contributed by atoms with Gasteiger partial charge in [0.1, 0.15) is 23.4 Å². The lowest BCUT2D eigenvalue weighted by Gasteiger charge is -2.25. The lowest BCUT2D eigenvalue weighted by Crippen LogP contribution is -2.22. The number of benzene rings is 2. The number of carbonyl (C=O) groups excluding carboxylic acids is 1. The van der Waals surface area contributed by atoms with E-state index in [0.29, 0.717) is 33.4 Å². The quantitative estimate of drug-likeness (QED) is 0.376. The first-order chi connectivity index (χ1) is 14.1. The normalized spacial score (nSPS) is 15.8. The van der Waals surface area contributed by atoms with Gasteiger partial charge in [0.05, 0.1) is 17.4 Å². The van der Waals surface area contributed by atoms with Crippen LogP contribution in [0.5, 0.6) is 5.75 Å². The van der Waals surface area contributed by atoms with E-state index in [4.69, 9.17) is 9.15 Å². The lowest BCUT2D eigenvalue weighted by atomic mass is 9.85. The molecular formula is C23H14FNO4. The van der Waals surface area contributed by atoms with E-state index in [1.165, 1.54) is 30.5 Å². The van der Waals surface area contributed by atoms with E-state index < -0.39 is 0 Å². The molecular weight excluding hydrogens is 373 g/mol. The van der Waals surface area contributed by atoms with Gasteiger partial charge in [-0.2, -0.15) is 0 Å². The van der Waals surface area contributed by atoms with Crippen LogP contribution in [0, 0.1) is 5.82 Å². The molecule has 1 atom stereocenters. The van der Waals surface area contributed by atoms with Crippen molar-refractivity contribution in [3.05, 3.63) is 94.4 Å². The van der Waals surface area contributed by atoms with Crippen LogP contribution in [-0.2, 0) is 4.79 Å². The summed E-state index contributed by atoms with van der Waals surface area (Å²) in [6.07, 6.45) is 4.82. The third kappa shape index (κ3) is 2.89. The number of pyridine rings is 1. The Morgan fingerprint density at radius 3 is 2.48 bits per heavy atom. The highest BCUT2D eigenvalue weighted by atomic mass is 19.1. The van der Waals surface area contributed by atoms with Crippen molar-refractivity contribution in [2.45, 2.75) is 12.3 Å². The molecule has 2 aromatic heterocycles. The number of aromatic nitrogens is 1. The fraction of sp³-hybridized carbons (Fsp3) is 0.0870. The monoisotopic (exact) mass is 387 g/mol. The molecule has 0 radical (unpaired) electrons. The number of nitrogens with zero attached hydrogens (tertiary/aromatic N) is 1. The van der Waals surface area contributed by atoms with Crippen molar-refractivity contribution in [1.29, 1.82) is 0 Å². The molecule has 29 heavy (non-hydrogen) atoms. The molecule has 0 unspecified atom stereocenters. The summed E-state index contributed by atoms with van der Waals surface area (Å²) < 4.78 is 24.5.